The number of allylic oxidation sites excluding steroid dienone is 4. The van der Waals surface area contributed by atoms with Crippen LogP contribution < -0.4 is 4.74 Å². The minimum atomic E-state index is 0. The van der Waals surface area contributed by atoms with Gasteiger partial charge >= 0.3 is 99.2 Å². The molecule has 0 saturated carbocycles. The van der Waals surface area contributed by atoms with Crippen LogP contribution in [0, 0.1) is 20.9 Å². The molecule has 0 aromatic heterocycles. The van der Waals surface area contributed by atoms with Crippen molar-refractivity contribution in [2.24, 2.45) is 0 Å². The van der Waals surface area contributed by atoms with Crippen LogP contribution in [0.5, 0.6) is 5.75 Å². The predicted octanol–water partition coefficient (Wildman–Crippen LogP) is 9.51. The van der Waals surface area contributed by atoms with Crippen LogP contribution in [-0.2, 0) is 24.2 Å². The fourth-order valence-corrected chi connectivity index (χ4v) is 4.96. The van der Waals surface area contributed by atoms with Gasteiger partial charge in [0.25, 0.3) is 0 Å². The van der Waals surface area contributed by atoms with Crippen LogP contribution in [0.15, 0.2) is 126 Å². The van der Waals surface area contributed by atoms with E-state index >= 15 is 0 Å². The van der Waals surface area contributed by atoms with Gasteiger partial charge in [0.2, 0.25) is 0 Å². The summed E-state index contributed by atoms with van der Waals surface area (Å²) in [6.45, 7) is 4.27. The first kappa shape index (κ1) is 31.0. The van der Waals surface area contributed by atoms with Crippen molar-refractivity contribution in [3.8, 4) is 5.75 Å². The van der Waals surface area contributed by atoms with E-state index in [-0.39, 0.29) is 14.9 Å². The Morgan fingerprint density at radius 1 is 0.737 bits per heavy atom. The van der Waals surface area contributed by atoms with Crippen molar-refractivity contribution < 1.29 is 29.0 Å². The van der Waals surface area contributed by atoms with Gasteiger partial charge in [0.15, 0.2) is 0 Å². The second kappa shape index (κ2) is 15.3. The van der Waals surface area contributed by atoms with Crippen molar-refractivity contribution >= 4 is 24.8 Å². The summed E-state index contributed by atoms with van der Waals surface area (Å²) in [5.74, 6) is 0.952. The molecule has 5 aromatic carbocycles. The topological polar surface area (TPSA) is 9.23 Å². The molecule has 1 aliphatic carbocycles. The van der Waals surface area contributed by atoms with Crippen molar-refractivity contribution in [3.05, 3.63) is 158 Å². The third-order valence-electron chi connectivity index (χ3n) is 6.30. The average Bonchev–Trinajstić information content (AvgIpc) is 3.51. The van der Waals surface area contributed by atoms with Crippen molar-refractivity contribution in [1.82, 2.24) is 0 Å². The third-order valence-corrected chi connectivity index (χ3v) is 7.72. The summed E-state index contributed by atoms with van der Waals surface area (Å²) in [4.78, 5) is 0. The molecule has 6 rings (SSSR count). The zero-order valence-electron chi connectivity index (χ0n) is 23.1. The van der Waals surface area contributed by atoms with Gasteiger partial charge in [-0.3, -0.25) is 6.08 Å². The van der Waals surface area contributed by atoms with Gasteiger partial charge < -0.3 is 19.6 Å². The number of hydrogen-bond donors (Lipinski definition) is 0. The normalized spacial score (nSPS) is 11.4. The average molecular weight is 576 g/mol. The second-order valence-electron chi connectivity index (χ2n) is 8.75. The summed E-state index contributed by atoms with van der Waals surface area (Å²) in [6, 6.07) is 37.9. The maximum atomic E-state index is 5.39. The molecule has 0 atom stereocenters. The van der Waals surface area contributed by atoms with Crippen LogP contribution in [0.25, 0.3) is 21.5 Å². The molecule has 0 bridgehead atoms. The van der Waals surface area contributed by atoms with E-state index in [9.17, 15) is 0 Å². The van der Waals surface area contributed by atoms with Gasteiger partial charge in [0.05, 0.1) is 12.9 Å². The first-order valence-electron chi connectivity index (χ1n) is 12.1. The monoisotopic (exact) mass is 574 g/mol. The van der Waals surface area contributed by atoms with Gasteiger partial charge in [-0.15, -0.1) is 47.7 Å². The van der Waals surface area contributed by atoms with Gasteiger partial charge in [0.1, 0.15) is 0 Å². The summed E-state index contributed by atoms with van der Waals surface area (Å²) in [5, 5.41) is 5.01. The molecule has 0 radical (unpaired) electrons. The molecule has 2 heteroatoms. The molecule has 0 amide bonds. The standard InChI is InChI=1S/C14H11O.C13H10.C7H9.2CH3.Zr/c1-15-13-8-4-6-11-9-10-5-2-3-7-12(10)14(11)13;1-3-7-12(8-4-1)11-13-9-5-2-6-10-13;1-6-4-3-5-7(6)2;;;/h2-9H,1H3;1-10H;4H,5H2,1-2H3;2*1H3;/q-1;;3*-1;. The summed E-state index contributed by atoms with van der Waals surface area (Å²) in [6.07, 6.45) is 6.22. The summed E-state index contributed by atoms with van der Waals surface area (Å²) < 4.78 is 6.81. The molecule has 0 heterocycles. The van der Waals surface area contributed by atoms with Gasteiger partial charge in [-0.1, -0.05) is 36.6 Å². The van der Waals surface area contributed by atoms with E-state index in [1.165, 1.54) is 71.3 Å². The van der Waals surface area contributed by atoms with Crippen molar-refractivity contribution in [2.75, 3.05) is 7.11 Å². The van der Waals surface area contributed by atoms with Crippen molar-refractivity contribution in [1.29, 1.82) is 0 Å². The zero-order valence-corrected chi connectivity index (χ0v) is 25.5. The molecular formula is C36H36OZr-4. The van der Waals surface area contributed by atoms with E-state index in [2.05, 4.69) is 123 Å². The Labute approximate surface area is 244 Å². The Kier molecular flexibility index (Phi) is 12.4. The Morgan fingerprint density at radius 3 is 1.79 bits per heavy atom. The number of ether oxygens (including phenoxy) is 1. The first-order chi connectivity index (χ1) is 17.6. The van der Waals surface area contributed by atoms with E-state index in [0.29, 0.717) is 0 Å². The van der Waals surface area contributed by atoms with Crippen LogP contribution in [0.4, 0.5) is 0 Å². The molecule has 1 nitrogen and oxygen atoms in total. The number of methoxy groups -OCH3 is 1. The van der Waals surface area contributed by atoms with E-state index in [1.54, 1.807) is 7.11 Å². The zero-order chi connectivity index (χ0) is 25.3. The number of hydrogen-bond acceptors (Lipinski definition) is 1. The molecule has 0 aliphatic heterocycles. The van der Waals surface area contributed by atoms with E-state index < -0.39 is 0 Å². The fourth-order valence-electron chi connectivity index (χ4n) is 4.14. The van der Waals surface area contributed by atoms with Crippen LogP contribution in [0.1, 0.15) is 31.4 Å². The van der Waals surface area contributed by atoms with E-state index in [1.807, 2.05) is 12.1 Å². The minimum absolute atomic E-state index is 0. The second-order valence-corrected chi connectivity index (χ2v) is 9.98. The Morgan fingerprint density at radius 2 is 1.29 bits per heavy atom. The molecular weight excluding hydrogens is 540 g/mol. The summed E-state index contributed by atoms with van der Waals surface area (Å²) in [5.41, 5.74) is 5.51. The maximum absolute atomic E-state index is 5.39. The van der Waals surface area contributed by atoms with Crippen LogP contribution >= 0.6 is 0 Å². The van der Waals surface area contributed by atoms with Crippen molar-refractivity contribution in [3.63, 3.8) is 0 Å². The predicted molar refractivity (Wildman–Crippen MR) is 163 cm³/mol. The van der Waals surface area contributed by atoms with Crippen LogP contribution in [-0.4, -0.2) is 10.3 Å². The quantitative estimate of drug-likeness (QED) is 0.195. The molecule has 194 valence electrons. The SMILES string of the molecule is CC1=C(C)C[C-]=C1.COc1cccc2[cH-]c3ccccc3c12.[CH3-].[CH3-].[Zr]=[C](c1ccccc1)c1ccccc1. The summed E-state index contributed by atoms with van der Waals surface area (Å²) >= 11 is 1.46. The van der Waals surface area contributed by atoms with Gasteiger partial charge in [-0.05, 0) is 6.07 Å². The van der Waals surface area contributed by atoms with E-state index in [0.717, 1.165) is 12.2 Å². The number of rotatable bonds is 3. The van der Waals surface area contributed by atoms with Crippen LogP contribution in [0.2, 0.25) is 0 Å². The molecule has 1 aliphatic rings. The Hall–Kier alpha value is -3.22. The Balaban J connectivity index is 0.000000207. The van der Waals surface area contributed by atoms with Gasteiger partial charge in [-0.2, -0.15) is 5.57 Å². The molecule has 0 fully saturated rings. The molecule has 0 N–H and O–H groups in total. The van der Waals surface area contributed by atoms with Crippen molar-refractivity contribution in [2.45, 2.75) is 20.3 Å². The number of benzene rings is 4. The fraction of sp³-hybridized carbons (Fsp3) is 0.111. The molecule has 38 heavy (non-hydrogen) atoms. The van der Waals surface area contributed by atoms with Gasteiger partial charge in [0, 0.05) is 0 Å². The van der Waals surface area contributed by atoms with Crippen LogP contribution in [0.3, 0.4) is 0 Å². The Bertz CT molecular complexity index is 1460. The first-order valence-corrected chi connectivity index (χ1v) is 13.3. The molecule has 0 unspecified atom stereocenters. The molecule has 0 spiro atoms. The van der Waals surface area contributed by atoms with E-state index in [4.69, 9.17) is 4.74 Å². The summed E-state index contributed by atoms with van der Waals surface area (Å²) in [7, 11) is 1.72. The third kappa shape index (κ3) is 7.65. The van der Waals surface area contributed by atoms with Gasteiger partial charge in [-0.25, -0.2) is 11.6 Å². The molecule has 5 aromatic rings. The molecule has 0 saturated heterocycles. The number of fused-ring (bicyclic) bond motifs is 3.